The van der Waals surface area contributed by atoms with Crippen molar-refractivity contribution in [3.8, 4) is 0 Å². The van der Waals surface area contributed by atoms with E-state index in [1.807, 2.05) is 18.2 Å². The molecule has 1 aromatic carbocycles. The lowest BCUT2D eigenvalue weighted by Gasteiger charge is -2.15. The maximum atomic E-state index is 11.9. The highest BCUT2D eigenvalue weighted by Crippen LogP contribution is 2.24. The van der Waals surface area contributed by atoms with E-state index in [2.05, 4.69) is 5.10 Å². The lowest BCUT2D eigenvalue weighted by Crippen LogP contribution is -2.25. The lowest BCUT2D eigenvalue weighted by molar-refractivity contribution is -0.145. The van der Waals surface area contributed by atoms with E-state index in [1.165, 1.54) is 12.2 Å². The van der Waals surface area contributed by atoms with Gasteiger partial charge >= 0.3 is 5.97 Å². The molecule has 1 aromatic heterocycles. The fourth-order valence-corrected chi connectivity index (χ4v) is 2.69. The van der Waals surface area contributed by atoms with Crippen LogP contribution in [0.4, 0.5) is 0 Å². The van der Waals surface area contributed by atoms with Crippen LogP contribution in [-0.2, 0) is 20.9 Å². The fourth-order valence-electron chi connectivity index (χ4n) is 2.20. The average Bonchev–Trinajstić information content (AvgIpc) is 2.85. The Morgan fingerprint density at radius 1 is 1.22 bits per heavy atom. The quantitative estimate of drug-likeness (QED) is 0.512. The number of ether oxygens (including phenoxy) is 1. The molecular weight excluding hydrogens is 387 g/mol. The van der Waals surface area contributed by atoms with Crippen LogP contribution in [0.15, 0.2) is 30.3 Å². The highest BCUT2D eigenvalue weighted by atomic mass is 35.5. The number of hydrogen-bond acceptors (Lipinski definition) is 4. The van der Waals surface area contributed by atoms with Gasteiger partial charge in [0, 0.05) is 22.1 Å². The maximum absolute atomic E-state index is 11.9. The van der Waals surface area contributed by atoms with E-state index >= 15 is 0 Å². The van der Waals surface area contributed by atoms with Gasteiger partial charge in [0.15, 0.2) is 12.4 Å². The third kappa shape index (κ3) is 5.68. The zero-order chi connectivity index (χ0) is 20.2. The Hall–Kier alpha value is -2.11. The van der Waals surface area contributed by atoms with E-state index in [0.717, 1.165) is 5.56 Å². The summed E-state index contributed by atoms with van der Waals surface area (Å²) in [5.74, 6) is -0.757. The number of benzene rings is 1. The molecule has 0 atom stereocenters. The molecule has 0 aliphatic rings. The number of hydrogen-bond donors (Lipinski definition) is 0. The highest BCUT2D eigenvalue weighted by molar-refractivity contribution is 6.32. The van der Waals surface area contributed by atoms with Crippen molar-refractivity contribution in [1.82, 2.24) is 9.78 Å². The summed E-state index contributed by atoms with van der Waals surface area (Å²) in [7, 11) is 0. The van der Waals surface area contributed by atoms with E-state index in [-0.39, 0.29) is 12.4 Å². The molecule has 0 bridgehead atoms. The molecule has 1 heterocycles. The van der Waals surface area contributed by atoms with Crippen LogP contribution in [0.1, 0.15) is 37.6 Å². The van der Waals surface area contributed by atoms with Crippen molar-refractivity contribution in [2.24, 2.45) is 5.41 Å². The van der Waals surface area contributed by atoms with Gasteiger partial charge < -0.3 is 4.74 Å². The van der Waals surface area contributed by atoms with E-state index in [4.69, 9.17) is 27.9 Å². The van der Waals surface area contributed by atoms with Crippen LogP contribution in [0, 0.1) is 12.3 Å². The number of halogens is 2. The Morgan fingerprint density at radius 2 is 1.89 bits per heavy atom. The summed E-state index contributed by atoms with van der Waals surface area (Å²) in [5.41, 5.74) is 1.62. The van der Waals surface area contributed by atoms with Crippen LogP contribution in [0.2, 0.25) is 10.2 Å². The molecule has 2 rings (SSSR count). The minimum absolute atomic E-state index is 0.147. The molecule has 0 radical (unpaired) electrons. The number of aryl methyl sites for hydroxylation is 1. The highest BCUT2D eigenvalue weighted by Gasteiger charge is 2.22. The monoisotopic (exact) mass is 408 g/mol. The number of Topliss-reactive ketones (excluding diaryl/α,β-unsaturated/α-hetero) is 1. The summed E-state index contributed by atoms with van der Waals surface area (Å²) in [6.07, 6.45) is 2.78. The Morgan fingerprint density at radius 3 is 2.52 bits per heavy atom. The Labute approximate surface area is 168 Å². The standard InChI is InChI=1S/C20H22Cl2N2O3/c1-13-15(9-10-18(26)27-12-17(25)20(2,3)4)19(22)24(23-13)11-14-7-5-6-8-16(14)21/h5-10H,11-12H2,1-4H3. The van der Waals surface area contributed by atoms with Gasteiger partial charge in [0.2, 0.25) is 0 Å². The predicted molar refractivity (Wildman–Crippen MR) is 107 cm³/mol. The van der Waals surface area contributed by atoms with Crippen molar-refractivity contribution in [2.45, 2.75) is 34.2 Å². The van der Waals surface area contributed by atoms with Gasteiger partial charge in [0.25, 0.3) is 0 Å². The number of ketones is 1. The first kappa shape index (κ1) is 21.2. The van der Waals surface area contributed by atoms with Gasteiger partial charge in [-0.3, -0.25) is 4.79 Å². The number of carbonyl (C=O) groups excluding carboxylic acids is 2. The summed E-state index contributed by atoms with van der Waals surface area (Å²) >= 11 is 12.6. The molecule has 0 aliphatic heterocycles. The molecule has 0 amide bonds. The van der Waals surface area contributed by atoms with Crippen LogP contribution in [0.3, 0.4) is 0 Å². The first-order valence-corrected chi connectivity index (χ1v) is 9.19. The van der Waals surface area contributed by atoms with Crippen LogP contribution in [0.5, 0.6) is 0 Å². The fraction of sp³-hybridized carbons (Fsp3) is 0.350. The average molecular weight is 409 g/mol. The third-order valence-electron chi connectivity index (χ3n) is 3.96. The summed E-state index contributed by atoms with van der Waals surface area (Å²) in [5, 5.41) is 5.42. The third-order valence-corrected chi connectivity index (χ3v) is 4.72. The van der Waals surface area contributed by atoms with Gasteiger partial charge in [0.1, 0.15) is 5.15 Å². The topological polar surface area (TPSA) is 61.2 Å². The van der Waals surface area contributed by atoms with Crippen molar-refractivity contribution < 1.29 is 14.3 Å². The van der Waals surface area contributed by atoms with Crippen molar-refractivity contribution >= 4 is 41.0 Å². The van der Waals surface area contributed by atoms with Crippen LogP contribution < -0.4 is 0 Å². The van der Waals surface area contributed by atoms with E-state index in [1.54, 1.807) is 38.4 Å². The number of aromatic nitrogens is 2. The van der Waals surface area contributed by atoms with Crippen molar-refractivity contribution in [3.05, 3.63) is 57.3 Å². The molecule has 0 aliphatic carbocycles. The Kier molecular flexibility index (Phi) is 6.84. The molecule has 144 valence electrons. The molecular formula is C20H22Cl2N2O3. The summed E-state index contributed by atoms with van der Waals surface area (Å²) in [4.78, 5) is 23.7. The van der Waals surface area contributed by atoms with E-state index in [9.17, 15) is 9.59 Å². The number of carbonyl (C=O) groups is 2. The number of esters is 1. The van der Waals surface area contributed by atoms with Gasteiger partial charge in [-0.05, 0) is 24.6 Å². The molecule has 0 spiro atoms. The van der Waals surface area contributed by atoms with E-state index < -0.39 is 11.4 Å². The molecule has 0 unspecified atom stereocenters. The number of rotatable bonds is 6. The van der Waals surface area contributed by atoms with Gasteiger partial charge in [-0.15, -0.1) is 0 Å². The lowest BCUT2D eigenvalue weighted by atomic mass is 9.91. The molecule has 0 N–H and O–H groups in total. The van der Waals surface area contributed by atoms with Crippen LogP contribution >= 0.6 is 23.2 Å². The molecule has 0 saturated carbocycles. The summed E-state index contributed by atoms with van der Waals surface area (Å²) in [6, 6.07) is 7.44. The molecule has 7 heteroatoms. The second kappa shape index (κ2) is 8.72. The first-order chi connectivity index (χ1) is 12.6. The predicted octanol–water partition coefficient (Wildman–Crippen LogP) is 4.72. The van der Waals surface area contributed by atoms with Crippen LogP contribution in [0.25, 0.3) is 6.08 Å². The maximum Gasteiger partial charge on any atom is 0.331 e. The molecule has 0 fully saturated rings. The van der Waals surface area contributed by atoms with Gasteiger partial charge in [-0.2, -0.15) is 5.10 Å². The second-order valence-corrected chi connectivity index (χ2v) is 7.92. The minimum atomic E-state index is -0.609. The minimum Gasteiger partial charge on any atom is -0.455 e. The molecule has 0 saturated heterocycles. The summed E-state index contributed by atoms with van der Waals surface area (Å²) in [6.45, 7) is 7.27. The van der Waals surface area contributed by atoms with Crippen molar-refractivity contribution in [3.63, 3.8) is 0 Å². The van der Waals surface area contributed by atoms with Gasteiger partial charge in [-0.25, -0.2) is 9.48 Å². The van der Waals surface area contributed by atoms with Crippen molar-refractivity contribution in [2.75, 3.05) is 6.61 Å². The Balaban J connectivity index is 2.08. The van der Waals surface area contributed by atoms with Crippen molar-refractivity contribution in [1.29, 1.82) is 0 Å². The smallest absolute Gasteiger partial charge is 0.331 e. The first-order valence-electron chi connectivity index (χ1n) is 8.44. The second-order valence-electron chi connectivity index (χ2n) is 7.15. The van der Waals surface area contributed by atoms with Gasteiger partial charge in [0.05, 0.1) is 12.2 Å². The zero-order valence-corrected chi connectivity index (χ0v) is 17.3. The van der Waals surface area contributed by atoms with Crippen LogP contribution in [-0.4, -0.2) is 28.1 Å². The van der Waals surface area contributed by atoms with Gasteiger partial charge in [-0.1, -0.05) is 62.2 Å². The summed E-state index contributed by atoms with van der Waals surface area (Å²) < 4.78 is 6.60. The Bertz CT molecular complexity index is 880. The largest absolute Gasteiger partial charge is 0.455 e. The molecule has 5 nitrogen and oxygen atoms in total. The molecule has 27 heavy (non-hydrogen) atoms. The molecule has 2 aromatic rings. The normalized spacial score (nSPS) is 11.8. The zero-order valence-electron chi connectivity index (χ0n) is 15.8. The number of nitrogens with zero attached hydrogens (tertiary/aromatic N) is 2. The SMILES string of the molecule is Cc1nn(Cc2ccccc2Cl)c(Cl)c1C=CC(=O)OCC(=O)C(C)(C)C. The van der Waals surface area contributed by atoms with E-state index in [0.29, 0.717) is 28.0 Å².